The van der Waals surface area contributed by atoms with Gasteiger partial charge >= 0.3 is 0 Å². The van der Waals surface area contributed by atoms with Gasteiger partial charge in [-0.3, -0.25) is 4.79 Å². The number of amides is 1. The van der Waals surface area contributed by atoms with Crippen LogP contribution in [0.1, 0.15) is 38.3 Å². The summed E-state index contributed by atoms with van der Waals surface area (Å²) in [6.45, 7) is 11.9. The molecule has 1 amide bonds. The number of carbonyl (C=O) groups excluding carboxylic acids is 1. The molecule has 0 aromatic heterocycles. The van der Waals surface area contributed by atoms with E-state index < -0.39 is 8.32 Å². The van der Waals surface area contributed by atoms with Gasteiger partial charge in [-0.05, 0) is 54.3 Å². The molecule has 2 aromatic carbocycles. The SMILES string of the molecule is CC(C)(C)[Si](C)(C)O/C(=C\CCc1ccccc1)[C@@H]1C=CC(=O)N1Cc1ccccc1. The molecule has 1 aliphatic rings. The molecular weight excluding hydrogens is 398 g/mol. The Kier molecular flexibility index (Phi) is 7.21. The van der Waals surface area contributed by atoms with E-state index in [1.807, 2.05) is 35.2 Å². The molecule has 0 aliphatic carbocycles. The van der Waals surface area contributed by atoms with Crippen molar-refractivity contribution in [2.45, 2.75) is 64.3 Å². The van der Waals surface area contributed by atoms with E-state index in [0.717, 1.165) is 24.2 Å². The van der Waals surface area contributed by atoms with E-state index in [1.54, 1.807) is 6.08 Å². The van der Waals surface area contributed by atoms with Crippen molar-refractivity contribution in [3.05, 3.63) is 95.8 Å². The predicted molar refractivity (Wildman–Crippen MR) is 131 cm³/mol. The largest absolute Gasteiger partial charge is 0.545 e. The molecule has 0 radical (unpaired) electrons. The normalized spacial score (nSPS) is 17.3. The van der Waals surface area contributed by atoms with Gasteiger partial charge in [0, 0.05) is 12.6 Å². The molecule has 0 spiro atoms. The maximum absolute atomic E-state index is 12.7. The number of allylic oxidation sites excluding steroid dienone is 1. The maximum atomic E-state index is 12.7. The Bertz CT molecular complexity index is 927. The van der Waals surface area contributed by atoms with Gasteiger partial charge in [0.15, 0.2) is 0 Å². The Balaban J connectivity index is 1.85. The first-order valence-corrected chi connectivity index (χ1v) is 14.0. The summed E-state index contributed by atoms with van der Waals surface area (Å²) in [5, 5.41) is 0.0854. The number of nitrogens with zero attached hydrogens (tertiary/aromatic N) is 1. The van der Waals surface area contributed by atoms with Crippen LogP contribution >= 0.6 is 0 Å². The standard InChI is InChI=1S/C27H35NO2Si/c1-27(2,3)31(4,5)30-25(18-12-17-22-13-8-6-9-14-22)24-19-20-26(29)28(24)21-23-15-10-7-11-16-23/h6-11,13-16,18-20,24H,12,17,21H2,1-5H3/b25-18-/t24-/m0/s1. The van der Waals surface area contributed by atoms with Gasteiger partial charge in [-0.2, -0.15) is 0 Å². The lowest BCUT2D eigenvalue weighted by atomic mass is 10.1. The molecule has 0 unspecified atom stereocenters. The average molecular weight is 434 g/mol. The van der Waals surface area contributed by atoms with Gasteiger partial charge in [-0.1, -0.05) is 81.4 Å². The van der Waals surface area contributed by atoms with E-state index in [1.165, 1.54) is 5.56 Å². The number of hydrogen-bond donors (Lipinski definition) is 0. The van der Waals surface area contributed by atoms with Crippen LogP contribution in [0.4, 0.5) is 0 Å². The van der Waals surface area contributed by atoms with Gasteiger partial charge in [0.25, 0.3) is 0 Å². The first-order chi connectivity index (χ1) is 14.7. The third-order valence-electron chi connectivity index (χ3n) is 6.33. The molecule has 1 heterocycles. The minimum atomic E-state index is -2.05. The van der Waals surface area contributed by atoms with Crippen LogP contribution in [0.2, 0.25) is 18.1 Å². The fraction of sp³-hybridized carbons (Fsp3) is 0.370. The summed E-state index contributed by atoms with van der Waals surface area (Å²) >= 11 is 0. The highest BCUT2D eigenvalue weighted by molar-refractivity contribution is 6.74. The Labute approximate surface area is 188 Å². The second-order valence-electron chi connectivity index (χ2n) is 9.75. The molecule has 164 valence electrons. The molecule has 2 aromatic rings. The van der Waals surface area contributed by atoms with Crippen LogP contribution in [0, 0.1) is 0 Å². The molecule has 31 heavy (non-hydrogen) atoms. The smallest absolute Gasteiger partial charge is 0.250 e. The Morgan fingerprint density at radius 3 is 2.16 bits per heavy atom. The summed E-state index contributed by atoms with van der Waals surface area (Å²) in [6.07, 6.45) is 7.72. The third-order valence-corrected chi connectivity index (χ3v) is 10.7. The van der Waals surface area contributed by atoms with Gasteiger partial charge < -0.3 is 9.33 Å². The lowest BCUT2D eigenvalue weighted by Crippen LogP contribution is -2.44. The molecule has 0 saturated heterocycles. The number of carbonyl (C=O) groups is 1. The zero-order chi connectivity index (χ0) is 22.5. The molecule has 3 rings (SSSR count). The lowest BCUT2D eigenvalue weighted by molar-refractivity contribution is -0.126. The minimum absolute atomic E-state index is 0.0432. The summed E-state index contributed by atoms with van der Waals surface area (Å²) in [7, 11) is -2.05. The predicted octanol–water partition coefficient (Wildman–Crippen LogP) is 6.49. The van der Waals surface area contributed by atoms with Crippen molar-refractivity contribution in [3.63, 3.8) is 0 Å². The van der Waals surface area contributed by atoms with Crippen LogP contribution < -0.4 is 0 Å². The second-order valence-corrected chi connectivity index (χ2v) is 14.5. The van der Waals surface area contributed by atoms with Crippen LogP contribution in [-0.4, -0.2) is 25.2 Å². The van der Waals surface area contributed by atoms with Crippen molar-refractivity contribution in [3.8, 4) is 0 Å². The highest BCUT2D eigenvalue weighted by Crippen LogP contribution is 2.39. The number of benzene rings is 2. The van der Waals surface area contributed by atoms with E-state index in [4.69, 9.17) is 4.43 Å². The Hall–Kier alpha value is -2.59. The van der Waals surface area contributed by atoms with E-state index in [-0.39, 0.29) is 17.0 Å². The van der Waals surface area contributed by atoms with Crippen molar-refractivity contribution >= 4 is 14.2 Å². The van der Waals surface area contributed by atoms with Crippen molar-refractivity contribution in [2.75, 3.05) is 0 Å². The quantitative estimate of drug-likeness (QED) is 0.352. The van der Waals surface area contributed by atoms with Gasteiger partial charge in [0.1, 0.15) is 11.8 Å². The second kappa shape index (κ2) is 9.69. The summed E-state index contributed by atoms with van der Waals surface area (Å²) in [4.78, 5) is 14.6. The zero-order valence-corrected chi connectivity index (χ0v) is 20.5. The molecule has 0 fully saturated rings. The molecule has 3 nitrogen and oxygen atoms in total. The van der Waals surface area contributed by atoms with Crippen LogP contribution in [-0.2, 0) is 22.2 Å². The first kappa shape index (κ1) is 23.1. The monoisotopic (exact) mass is 433 g/mol. The topological polar surface area (TPSA) is 29.5 Å². The summed E-state index contributed by atoms with van der Waals surface area (Å²) in [6, 6.07) is 20.5. The van der Waals surface area contributed by atoms with E-state index in [0.29, 0.717) is 6.54 Å². The number of rotatable bonds is 8. The summed E-state index contributed by atoms with van der Waals surface area (Å²) in [5.74, 6) is 0.960. The third kappa shape index (κ3) is 5.98. The minimum Gasteiger partial charge on any atom is -0.545 e. The molecule has 0 saturated carbocycles. The number of aryl methyl sites for hydroxylation is 1. The van der Waals surface area contributed by atoms with E-state index in [9.17, 15) is 4.79 Å². The molecule has 0 N–H and O–H groups in total. The number of hydrogen-bond acceptors (Lipinski definition) is 2. The lowest BCUT2D eigenvalue weighted by Gasteiger charge is -2.39. The van der Waals surface area contributed by atoms with E-state index in [2.05, 4.69) is 76.3 Å². The van der Waals surface area contributed by atoms with Crippen molar-refractivity contribution in [1.82, 2.24) is 4.90 Å². The average Bonchev–Trinajstić information content (AvgIpc) is 3.08. The Morgan fingerprint density at radius 1 is 1.00 bits per heavy atom. The van der Waals surface area contributed by atoms with Gasteiger partial charge in [0.2, 0.25) is 14.2 Å². The fourth-order valence-electron chi connectivity index (χ4n) is 3.41. The molecule has 4 heteroatoms. The first-order valence-electron chi connectivity index (χ1n) is 11.1. The van der Waals surface area contributed by atoms with Gasteiger partial charge in [0.05, 0.1) is 0 Å². The summed E-state index contributed by atoms with van der Waals surface area (Å²) in [5.41, 5.74) is 2.44. The van der Waals surface area contributed by atoms with Gasteiger partial charge in [-0.15, -0.1) is 0 Å². The van der Waals surface area contributed by atoms with Crippen LogP contribution in [0.3, 0.4) is 0 Å². The van der Waals surface area contributed by atoms with Crippen molar-refractivity contribution < 1.29 is 9.22 Å². The van der Waals surface area contributed by atoms with Gasteiger partial charge in [-0.25, -0.2) is 0 Å². The van der Waals surface area contributed by atoms with Crippen LogP contribution in [0.15, 0.2) is 84.7 Å². The van der Waals surface area contributed by atoms with Crippen molar-refractivity contribution in [1.29, 1.82) is 0 Å². The highest BCUT2D eigenvalue weighted by Gasteiger charge is 2.41. The zero-order valence-electron chi connectivity index (χ0n) is 19.5. The highest BCUT2D eigenvalue weighted by atomic mass is 28.4. The summed E-state index contributed by atoms with van der Waals surface area (Å²) < 4.78 is 6.80. The van der Waals surface area contributed by atoms with E-state index >= 15 is 0 Å². The molecule has 0 bridgehead atoms. The Morgan fingerprint density at radius 2 is 1.58 bits per heavy atom. The van der Waals surface area contributed by atoms with Crippen LogP contribution in [0.5, 0.6) is 0 Å². The molecule has 1 aliphatic heterocycles. The molecular formula is C27H35NO2Si. The van der Waals surface area contributed by atoms with Crippen LogP contribution in [0.25, 0.3) is 0 Å². The maximum Gasteiger partial charge on any atom is 0.250 e. The van der Waals surface area contributed by atoms with Crippen molar-refractivity contribution in [2.24, 2.45) is 0 Å². The fourth-order valence-corrected chi connectivity index (χ4v) is 4.51. The molecule has 1 atom stereocenters.